The Morgan fingerprint density at radius 1 is 1.05 bits per heavy atom. The standard InChI is InChI=1S/C30H33N7O3/c31-29-27-28(21-8-10-25(11-9-21)40-24-5-2-1-3-6-24)35-37(30(27)34-20-33-29)23-12-16-36(19-23)26(38)7-4-15-32-22-13-17-39-18-14-22/h1-11,20,22-23,32H,12-19H2,(H2,31,33,34)/b7-4+/t23-/m1/s1. The van der Waals surface area contributed by atoms with Crippen molar-refractivity contribution < 1.29 is 14.3 Å². The molecule has 2 aliphatic heterocycles. The van der Waals surface area contributed by atoms with Crippen molar-refractivity contribution in [3.63, 3.8) is 0 Å². The first kappa shape index (κ1) is 26.0. The van der Waals surface area contributed by atoms with Crippen LogP contribution in [0.5, 0.6) is 11.5 Å². The van der Waals surface area contributed by atoms with Gasteiger partial charge in [-0.2, -0.15) is 5.10 Å². The van der Waals surface area contributed by atoms with Gasteiger partial charge in [-0.05, 0) is 55.7 Å². The lowest BCUT2D eigenvalue weighted by atomic mass is 10.1. The number of likely N-dealkylation sites (tertiary alicyclic amines) is 1. The third-order valence-corrected chi connectivity index (χ3v) is 7.45. The summed E-state index contributed by atoms with van der Waals surface area (Å²) in [5, 5.41) is 9.14. The van der Waals surface area contributed by atoms with Gasteiger partial charge in [0.1, 0.15) is 29.3 Å². The molecule has 10 nitrogen and oxygen atoms in total. The monoisotopic (exact) mass is 539 g/mol. The first-order valence-corrected chi connectivity index (χ1v) is 13.7. The van der Waals surface area contributed by atoms with Gasteiger partial charge in [-0.1, -0.05) is 24.3 Å². The lowest BCUT2D eigenvalue weighted by Crippen LogP contribution is -2.35. The number of benzene rings is 2. The molecule has 1 amide bonds. The van der Waals surface area contributed by atoms with E-state index in [0.717, 1.165) is 49.5 Å². The first-order valence-electron chi connectivity index (χ1n) is 13.7. The number of nitrogens with zero attached hydrogens (tertiary/aromatic N) is 5. The molecule has 3 N–H and O–H groups in total. The molecule has 2 aromatic heterocycles. The Labute approximate surface area is 232 Å². The van der Waals surface area contributed by atoms with E-state index < -0.39 is 0 Å². The second kappa shape index (κ2) is 11.8. The quantitative estimate of drug-likeness (QED) is 0.323. The van der Waals surface area contributed by atoms with Crippen LogP contribution in [0.2, 0.25) is 0 Å². The van der Waals surface area contributed by atoms with Crippen LogP contribution in [0.1, 0.15) is 25.3 Å². The molecular formula is C30H33N7O3. The number of amides is 1. The van der Waals surface area contributed by atoms with Crippen LogP contribution in [0.3, 0.4) is 0 Å². The predicted molar refractivity (Wildman–Crippen MR) is 153 cm³/mol. The Balaban J connectivity index is 1.16. The highest BCUT2D eigenvalue weighted by Crippen LogP contribution is 2.35. The average Bonchev–Trinajstić information content (AvgIpc) is 3.63. The molecule has 2 fully saturated rings. The van der Waals surface area contributed by atoms with E-state index in [1.165, 1.54) is 6.33 Å². The second-order valence-corrected chi connectivity index (χ2v) is 10.1. The Morgan fingerprint density at radius 3 is 2.62 bits per heavy atom. The van der Waals surface area contributed by atoms with Crippen molar-refractivity contribution in [1.29, 1.82) is 0 Å². The van der Waals surface area contributed by atoms with Crippen LogP contribution < -0.4 is 15.8 Å². The molecule has 2 aliphatic rings. The van der Waals surface area contributed by atoms with Gasteiger partial charge in [0.15, 0.2) is 5.65 Å². The lowest BCUT2D eigenvalue weighted by Gasteiger charge is -2.22. The van der Waals surface area contributed by atoms with Gasteiger partial charge in [-0.25, -0.2) is 14.6 Å². The minimum atomic E-state index is -0.0102. The maximum absolute atomic E-state index is 12.9. The number of anilines is 1. The molecule has 0 bridgehead atoms. The van der Waals surface area contributed by atoms with Crippen LogP contribution in [-0.2, 0) is 9.53 Å². The topological polar surface area (TPSA) is 120 Å². The molecule has 6 rings (SSSR count). The second-order valence-electron chi connectivity index (χ2n) is 10.1. The van der Waals surface area contributed by atoms with Gasteiger partial charge in [0.2, 0.25) is 5.91 Å². The summed E-state index contributed by atoms with van der Waals surface area (Å²) in [6.07, 6.45) is 7.84. The number of aromatic nitrogens is 4. The number of hydrogen-bond donors (Lipinski definition) is 2. The van der Waals surface area contributed by atoms with E-state index in [-0.39, 0.29) is 11.9 Å². The zero-order valence-corrected chi connectivity index (χ0v) is 22.3. The highest BCUT2D eigenvalue weighted by Gasteiger charge is 2.30. The SMILES string of the molecule is Nc1ncnc2c1c(-c1ccc(Oc3ccccc3)cc1)nn2[C@@H]1CCN(C(=O)/C=C/CNC2CCOCC2)C1. The van der Waals surface area contributed by atoms with Crippen molar-refractivity contribution in [1.82, 2.24) is 30.0 Å². The maximum Gasteiger partial charge on any atom is 0.246 e. The zero-order chi connectivity index (χ0) is 27.3. The number of rotatable bonds is 8. The first-order chi connectivity index (χ1) is 19.7. The fraction of sp³-hybridized carbons (Fsp3) is 0.333. The summed E-state index contributed by atoms with van der Waals surface area (Å²) in [6, 6.07) is 17.8. The zero-order valence-electron chi connectivity index (χ0n) is 22.3. The van der Waals surface area contributed by atoms with Gasteiger partial charge in [-0.3, -0.25) is 4.79 Å². The number of nitrogen functional groups attached to an aromatic ring is 1. The predicted octanol–water partition coefficient (Wildman–Crippen LogP) is 3.97. The highest BCUT2D eigenvalue weighted by molar-refractivity contribution is 5.98. The van der Waals surface area contributed by atoms with E-state index in [9.17, 15) is 4.79 Å². The van der Waals surface area contributed by atoms with Gasteiger partial charge >= 0.3 is 0 Å². The maximum atomic E-state index is 12.9. The number of para-hydroxylation sites is 1. The molecule has 0 spiro atoms. The van der Waals surface area contributed by atoms with Crippen LogP contribution in [0, 0.1) is 0 Å². The smallest absolute Gasteiger partial charge is 0.246 e. The Morgan fingerprint density at radius 2 is 1.82 bits per heavy atom. The van der Waals surface area contributed by atoms with E-state index in [0.29, 0.717) is 48.2 Å². The molecule has 4 aromatic rings. The number of carbonyl (C=O) groups is 1. The van der Waals surface area contributed by atoms with Crippen molar-refractivity contribution in [2.24, 2.45) is 0 Å². The minimum absolute atomic E-state index is 0.0102. The molecule has 0 aliphatic carbocycles. The normalized spacial score (nSPS) is 18.1. The Bertz CT molecular complexity index is 1480. The van der Waals surface area contributed by atoms with Gasteiger partial charge in [0, 0.05) is 50.5 Å². The summed E-state index contributed by atoms with van der Waals surface area (Å²) in [5.74, 6) is 1.88. The number of carbonyl (C=O) groups excluding carboxylic acids is 1. The van der Waals surface area contributed by atoms with Crippen molar-refractivity contribution in [2.45, 2.75) is 31.3 Å². The average molecular weight is 540 g/mol. The molecule has 0 radical (unpaired) electrons. The highest BCUT2D eigenvalue weighted by atomic mass is 16.5. The van der Waals surface area contributed by atoms with E-state index in [1.807, 2.05) is 70.3 Å². The molecule has 4 heterocycles. The summed E-state index contributed by atoms with van der Waals surface area (Å²) < 4.78 is 13.2. The summed E-state index contributed by atoms with van der Waals surface area (Å²) in [4.78, 5) is 23.5. The number of fused-ring (bicyclic) bond motifs is 1. The number of nitrogens with two attached hydrogens (primary N) is 1. The molecular weight excluding hydrogens is 506 g/mol. The molecule has 0 saturated carbocycles. The van der Waals surface area contributed by atoms with Gasteiger partial charge in [0.25, 0.3) is 0 Å². The summed E-state index contributed by atoms with van der Waals surface area (Å²) in [5.41, 5.74) is 8.59. The van der Waals surface area contributed by atoms with Gasteiger partial charge in [-0.15, -0.1) is 0 Å². The van der Waals surface area contributed by atoms with Crippen LogP contribution in [-0.4, -0.2) is 69.4 Å². The molecule has 0 unspecified atom stereocenters. The summed E-state index contributed by atoms with van der Waals surface area (Å²) >= 11 is 0. The Kier molecular flexibility index (Phi) is 7.69. The van der Waals surface area contributed by atoms with Crippen LogP contribution in [0.4, 0.5) is 5.82 Å². The third-order valence-electron chi connectivity index (χ3n) is 7.45. The van der Waals surface area contributed by atoms with Crippen molar-refractivity contribution >= 4 is 22.8 Å². The molecule has 206 valence electrons. The van der Waals surface area contributed by atoms with Crippen molar-refractivity contribution in [3.05, 3.63) is 73.1 Å². The number of ether oxygens (including phenoxy) is 2. The molecule has 1 atom stereocenters. The van der Waals surface area contributed by atoms with E-state index in [2.05, 4.69) is 15.3 Å². The molecule has 2 aromatic carbocycles. The van der Waals surface area contributed by atoms with Crippen LogP contribution in [0.15, 0.2) is 73.1 Å². The van der Waals surface area contributed by atoms with Gasteiger partial charge in [0.05, 0.1) is 11.4 Å². The van der Waals surface area contributed by atoms with E-state index >= 15 is 0 Å². The Hall–Kier alpha value is -4.28. The van der Waals surface area contributed by atoms with Gasteiger partial charge < -0.3 is 25.4 Å². The lowest BCUT2D eigenvalue weighted by molar-refractivity contribution is -0.125. The van der Waals surface area contributed by atoms with E-state index in [4.69, 9.17) is 20.3 Å². The largest absolute Gasteiger partial charge is 0.457 e. The fourth-order valence-corrected chi connectivity index (χ4v) is 5.30. The number of hydrogen-bond acceptors (Lipinski definition) is 8. The summed E-state index contributed by atoms with van der Waals surface area (Å²) in [6.45, 7) is 3.48. The van der Waals surface area contributed by atoms with Crippen LogP contribution in [0.25, 0.3) is 22.3 Å². The summed E-state index contributed by atoms with van der Waals surface area (Å²) in [7, 11) is 0. The van der Waals surface area contributed by atoms with E-state index in [1.54, 1.807) is 6.08 Å². The molecule has 40 heavy (non-hydrogen) atoms. The number of nitrogens with one attached hydrogen (secondary N) is 1. The minimum Gasteiger partial charge on any atom is -0.457 e. The van der Waals surface area contributed by atoms with Crippen LogP contribution >= 0.6 is 0 Å². The molecule has 10 heteroatoms. The fourth-order valence-electron chi connectivity index (χ4n) is 5.30. The van der Waals surface area contributed by atoms with Crippen molar-refractivity contribution in [3.8, 4) is 22.8 Å². The molecule has 2 saturated heterocycles. The van der Waals surface area contributed by atoms with Crippen molar-refractivity contribution in [2.75, 3.05) is 38.6 Å². The third kappa shape index (κ3) is 5.68.